The molecule has 0 fully saturated rings. The fourth-order valence-corrected chi connectivity index (χ4v) is 6.28. The molecule has 0 radical (unpaired) electrons. The van der Waals surface area contributed by atoms with E-state index in [2.05, 4.69) is 13.8 Å². The third-order valence-electron chi connectivity index (χ3n) is 9.18. The highest BCUT2D eigenvalue weighted by Crippen LogP contribution is 2.19. The Morgan fingerprint density at radius 1 is 0.333 bits per heavy atom. The zero-order valence-electron chi connectivity index (χ0n) is 30.7. The van der Waals surface area contributed by atoms with Crippen molar-refractivity contribution in [3.05, 3.63) is 0 Å². The van der Waals surface area contributed by atoms with Gasteiger partial charge in [0.05, 0.1) is 26.4 Å². The molecule has 0 amide bonds. The molecule has 0 saturated heterocycles. The second-order valence-corrected chi connectivity index (χ2v) is 13.7. The van der Waals surface area contributed by atoms with Crippen LogP contribution in [0.4, 0.5) is 0 Å². The van der Waals surface area contributed by atoms with Crippen molar-refractivity contribution in [1.29, 1.82) is 0 Å². The van der Waals surface area contributed by atoms with Crippen LogP contribution in [0.25, 0.3) is 0 Å². The standard InChI is InChI=1S/C40H82O5/c1-3-5-7-9-11-13-15-17-19-21-23-25-27-29-31-33-39(43-37-35-41)45-40(44-38-36-42)34-32-30-28-26-24-22-20-18-16-14-12-10-8-6-4-2/h39-42H,3-38H2,1-2H3. The molecule has 0 aromatic rings. The van der Waals surface area contributed by atoms with Gasteiger partial charge in [-0.25, -0.2) is 0 Å². The van der Waals surface area contributed by atoms with E-state index >= 15 is 0 Å². The van der Waals surface area contributed by atoms with E-state index in [-0.39, 0.29) is 39.0 Å². The lowest BCUT2D eigenvalue weighted by molar-refractivity contribution is -0.252. The van der Waals surface area contributed by atoms with E-state index in [0.717, 1.165) is 25.7 Å². The van der Waals surface area contributed by atoms with Gasteiger partial charge in [-0.2, -0.15) is 0 Å². The maximum absolute atomic E-state index is 9.30. The minimum Gasteiger partial charge on any atom is -0.394 e. The van der Waals surface area contributed by atoms with Gasteiger partial charge in [-0.05, 0) is 25.7 Å². The second-order valence-electron chi connectivity index (χ2n) is 13.7. The van der Waals surface area contributed by atoms with Crippen molar-refractivity contribution >= 4 is 0 Å². The Hall–Kier alpha value is -0.200. The minimum atomic E-state index is -0.348. The maximum Gasteiger partial charge on any atom is 0.160 e. The topological polar surface area (TPSA) is 68.2 Å². The Kier molecular flexibility index (Phi) is 39.8. The summed E-state index contributed by atoms with van der Waals surface area (Å²) in [6, 6.07) is 0. The highest BCUT2D eigenvalue weighted by molar-refractivity contribution is 4.56. The molecule has 0 aliphatic heterocycles. The van der Waals surface area contributed by atoms with Crippen molar-refractivity contribution < 1.29 is 24.4 Å². The third kappa shape index (κ3) is 36.5. The first-order chi connectivity index (χ1) is 22.3. The molecular formula is C40H82O5. The van der Waals surface area contributed by atoms with E-state index in [1.54, 1.807) is 0 Å². The van der Waals surface area contributed by atoms with Gasteiger partial charge in [0.25, 0.3) is 0 Å². The van der Waals surface area contributed by atoms with Crippen molar-refractivity contribution in [2.45, 2.75) is 232 Å². The van der Waals surface area contributed by atoms with Crippen molar-refractivity contribution in [2.75, 3.05) is 26.4 Å². The number of hydrogen-bond donors (Lipinski definition) is 2. The fourth-order valence-electron chi connectivity index (χ4n) is 6.28. The first-order valence-corrected chi connectivity index (χ1v) is 20.4. The summed E-state index contributed by atoms with van der Waals surface area (Å²) in [5.74, 6) is 0. The zero-order valence-corrected chi connectivity index (χ0v) is 30.7. The monoisotopic (exact) mass is 643 g/mol. The van der Waals surface area contributed by atoms with Crippen molar-refractivity contribution in [3.8, 4) is 0 Å². The van der Waals surface area contributed by atoms with E-state index in [9.17, 15) is 10.2 Å². The minimum absolute atomic E-state index is 0.0000712. The molecule has 0 saturated carbocycles. The number of ether oxygens (including phenoxy) is 3. The average Bonchev–Trinajstić information content (AvgIpc) is 3.05. The van der Waals surface area contributed by atoms with E-state index in [1.807, 2.05) is 0 Å². The van der Waals surface area contributed by atoms with Crippen LogP contribution in [0, 0.1) is 0 Å². The molecule has 5 nitrogen and oxygen atoms in total. The molecule has 2 unspecified atom stereocenters. The zero-order chi connectivity index (χ0) is 32.7. The van der Waals surface area contributed by atoms with Crippen LogP contribution in [0.3, 0.4) is 0 Å². The molecule has 45 heavy (non-hydrogen) atoms. The SMILES string of the molecule is CCCCCCCCCCCCCCCCCC(OCCO)OC(CCCCCCCCCCCCCCCCC)OCCO. The van der Waals surface area contributed by atoms with Crippen molar-refractivity contribution in [1.82, 2.24) is 0 Å². The largest absolute Gasteiger partial charge is 0.394 e. The summed E-state index contributed by atoms with van der Waals surface area (Å²) in [7, 11) is 0. The molecule has 0 aliphatic rings. The smallest absolute Gasteiger partial charge is 0.160 e. The molecule has 0 aliphatic carbocycles. The van der Waals surface area contributed by atoms with Gasteiger partial charge >= 0.3 is 0 Å². The van der Waals surface area contributed by atoms with E-state index in [1.165, 1.54) is 180 Å². The predicted molar refractivity (Wildman–Crippen MR) is 194 cm³/mol. The molecular weight excluding hydrogens is 560 g/mol. The van der Waals surface area contributed by atoms with Gasteiger partial charge in [0.15, 0.2) is 12.6 Å². The highest BCUT2D eigenvalue weighted by Gasteiger charge is 2.17. The molecule has 272 valence electrons. The summed E-state index contributed by atoms with van der Waals surface area (Å²) >= 11 is 0. The van der Waals surface area contributed by atoms with Crippen molar-refractivity contribution in [3.63, 3.8) is 0 Å². The normalized spacial score (nSPS) is 13.1. The average molecular weight is 643 g/mol. The van der Waals surface area contributed by atoms with E-state index < -0.39 is 0 Å². The Morgan fingerprint density at radius 3 is 0.778 bits per heavy atom. The Labute approximate surface area is 282 Å². The molecule has 0 aromatic carbocycles. The first-order valence-electron chi connectivity index (χ1n) is 20.4. The Morgan fingerprint density at radius 2 is 0.556 bits per heavy atom. The maximum atomic E-state index is 9.30. The number of aliphatic hydroxyl groups excluding tert-OH is 2. The number of rotatable bonds is 40. The Balaban J connectivity index is 3.90. The summed E-state index contributed by atoms with van der Waals surface area (Å²) in [5.41, 5.74) is 0. The van der Waals surface area contributed by atoms with Gasteiger partial charge < -0.3 is 24.4 Å². The van der Waals surface area contributed by atoms with Gasteiger partial charge in [-0.15, -0.1) is 0 Å². The Bertz CT molecular complexity index is 473. The molecule has 0 spiro atoms. The lowest BCUT2D eigenvalue weighted by Crippen LogP contribution is -2.28. The van der Waals surface area contributed by atoms with Crippen molar-refractivity contribution in [2.24, 2.45) is 0 Å². The quantitative estimate of drug-likeness (QED) is 0.0514. The van der Waals surface area contributed by atoms with Gasteiger partial charge in [-0.1, -0.05) is 194 Å². The van der Waals surface area contributed by atoms with Gasteiger partial charge in [0, 0.05) is 0 Å². The van der Waals surface area contributed by atoms with Gasteiger partial charge in [-0.3, -0.25) is 0 Å². The molecule has 0 heterocycles. The number of aliphatic hydroxyl groups is 2. The van der Waals surface area contributed by atoms with Crippen LogP contribution in [-0.2, 0) is 14.2 Å². The van der Waals surface area contributed by atoms with Crippen LogP contribution in [0.2, 0.25) is 0 Å². The summed E-state index contributed by atoms with van der Waals surface area (Å²) in [6.45, 7) is 5.14. The molecule has 2 N–H and O–H groups in total. The number of unbranched alkanes of at least 4 members (excludes halogenated alkanes) is 28. The molecule has 0 aromatic heterocycles. The van der Waals surface area contributed by atoms with Crippen LogP contribution in [0.15, 0.2) is 0 Å². The van der Waals surface area contributed by atoms with Crippen LogP contribution in [0.1, 0.15) is 219 Å². The van der Waals surface area contributed by atoms with Gasteiger partial charge in [0.2, 0.25) is 0 Å². The third-order valence-corrected chi connectivity index (χ3v) is 9.18. The molecule has 0 rings (SSSR count). The van der Waals surface area contributed by atoms with Crippen LogP contribution in [-0.4, -0.2) is 49.2 Å². The number of hydrogen-bond acceptors (Lipinski definition) is 5. The van der Waals surface area contributed by atoms with E-state index in [4.69, 9.17) is 14.2 Å². The second kappa shape index (κ2) is 40.0. The fraction of sp³-hybridized carbons (Fsp3) is 1.00. The molecule has 2 atom stereocenters. The summed E-state index contributed by atoms with van der Waals surface area (Å²) < 4.78 is 17.9. The first kappa shape index (κ1) is 44.8. The molecule has 5 heteroatoms. The van der Waals surface area contributed by atoms with E-state index in [0.29, 0.717) is 0 Å². The lowest BCUT2D eigenvalue weighted by Gasteiger charge is -2.25. The van der Waals surface area contributed by atoms with Crippen LogP contribution >= 0.6 is 0 Å². The molecule has 0 bridgehead atoms. The summed E-state index contributed by atoms with van der Waals surface area (Å²) in [4.78, 5) is 0. The van der Waals surface area contributed by atoms with Crippen LogP contribution in [0.5, 0.6) is 0 Å². The van der Waals surface area contributed by atoms with Gasteiger partial charge in [0.1, 0.15) is 0 Å². The summed E-state index contributed by atoms with van der Waals surface area (Å²) in [6.07, 6.45) is 41.5. The highest BCUT2D eigenvalue weighted by atomic mass is 16.8. The summed E-state index contributed by atoms with van der Waals surface area (Å²) in [5, 5.41) is 18.6. The predicted octanol–water partition coefficient (Wildman–Crippen LogP) is 12.2. The lowest BCUT2D eigenvalue weighted by atomic mass is 10.0. The van der Waals surface area contributed by atoms with Crippen LogP contribution < -0.4 is 0 Å².